The first-order valence-corrected chi connectivity index (χ1v) is 13.7. The lowest BCUT2D eigenvalue weighted by Gasteiger charge is -2.13. The number of fused-ring (bicyclic) bond motifs is 3. The Bertz CT molecular complexity index is 1880. The first-order chi connectivity index (χ1) is 18.1. The first-order valence-electron chi connectivity index (χ1n) is 11.3. The average molecular weight is 552 g/mol. The summed E-state index contributed by atoms with van der Waals surface area (Å²) >= 11 is 1.13. The summed E-state index contributed by atoms with van der Waals surface area (Å²) in [7, 11) is -2.34. The Hall–Kier alpha value is -4.20. The number of nitrogens with two attached hydrogens (primary N) is 1. The molecular weight excluding hydrogens is 530 g/mol. The number of carbonyl (C=O) groups excluding carboxylic acids is 1. The molecule has 0 saturated heterocycles. The lowest BCUT2D eigenvalue weighted by molar-refractivity contribution is 0.0526. The lowest BCUT2D eigenvalue weighted by Crippen LogP contribution is -2.22. The van der Waals surface area contributed by atoms with E-state index in [1.807, 2.05) is 0 Å². The van der Waals surface area contributed by atoms with Crippen molar-refractivity contribution in [3.8, 4) is 22.6 Å². The molecule has 3 heterocycles. The van der Waals surface area contributed by atoms with Gasteiger partial charge in [0.1, 0.15) is 20.8 Å². The summed E-state index contributed by atoms with van der Waals surface area (Å²) in [5, 5.41) is 14.1. The summed E-state index contributed by atoms with van der Waals surface area (Å²) < 4.78 is 35.1. The number of nitrogens with zero attached hydrogens (tertiary/aromatic N) is 4. The van der Waals surface area contributed by atoms with Crippen LogP contribution in [0.5, 0.6) is 5.75 Å². The van der Waals surface area contributed by atoms with E-state index in [1.54, 1.807) is 45.2 Å². The van der Waals surface area contributed by atoms with Crippen molar-refractivity contribution in [3.63, 3.8) is 0 Å². The van der Waals surface area contributed by atoms with E-state index in [1.165, 1.54) is 24.3 Å². The van der Waals surface area contributed by atoms with E-state index >= 15 is 0 Å². The molecule has 0 aliphatic carbocycles. The minimum atomic E-state index is -3.89. The van der Waals surface area contributed by atoms with Gasteiger partial charge in [-0.3, -0.25) is 4.79 Å². The summed E-state index contributed by atoms with van der Waals surface area (Å²) in [6.45, 7) is 3.60. The van der Waals surface area contributed by atoms with Gasteiger partial charge in [-0.1, -0.05) is 17.3 Å². The third kappa shape index (κ3) is 4.30. The van der Waals surface area contributed by atoms with E-state index in [9.17, 15) is 18.0 Å². The molecule has 38 heavy (non-hydrogen) atoms. The number of hydrogen-bond donors (Lipinski definition) is 1. The Morgan fingerprint density at radius 2 is 1.79 bits per heavy atom. The fourth-order valence-electron chi connectivity index (χ4n) is 4.14. The minimum Gasteiger partial charge on any atom is -0.497 e. The van der Waals surface area contributed by atoms with Gasteiger partial charge < -0.3 is 9.47 Å². The van der Waals surface area contributed by atoms with Crippen LogP contribution in [0.2, 0.25) is 0 Å². The second-order valence-electron chi connectivity index (χ2n) is 8.20. The van der Waals surface area contributed by atoms with Gasteiger partial charge in [0.25, 0.3) is 5.56 Å². The second-order valence-corrected chi connectivity index (χ2v) is 10.8. The van der Waals surface area contributed by atoms with Crippen molar-refractivity contribution in [1.29, 1.82) is 0 Å². The number of benzene rings is 2. The maximum atomic E-state index is 13.5. The van der Waals surface area contributed by atoms with Gasteiger partial charge in [0, 0.05) is 10.9 Å². The molecule has 0 aliphatic rings. The number of sulfonamides is 1. The third-order valence-electron chi connectivity index (χ3n) is 5.88. The van der Waals surface area contributed by atoms with E-state index in [4.69, 9.17) is 14.6 Å². The lowest BCUT2D eigenvalue weighted by atomic mass is 9.95. The fourth-order valence-corrected chi connectivity index (χ4v) is 5.75. The van der Waals surface area contributed by atoms with Gasteiger partial charge in [-0.15, -0.1) is 16.4 Å². The largest absolute Gasteiger partial charge is 0.497 e. The Labute approximate surface area is 220 Å². The van der Waals surface area contributed by atoms with Crippen LogP contribution in [0.15, 0.2) is 58.2 Å². The molecule has 5 aromatic rings. The smallest absolute Gasteiger partial charge is 0.340 e. The molecule has 0 radical (unpaired) electrons. The molecule has 0 atom stereocenters. The van der Waals surface area contributed by atoms with E-state index in [0.717, 1.165) is 16.0 Å². The van der Waals surface area contributed by atoms with Crippen LogP contribution < -0.4 is 15.4 Å². The van der Waals surface area contributed by atoms with Crippen LogP contribution in [0.3, 0.4) is 0 Å². The van der Waals surface area contributed by atoms with Crippen molar-refractivity contribution < 1.29 is 22.7 Å². The summed E-state index contributed by atoms with van der Waals surface area (Å²) in [6.07, 6.45) is 0. The maximum Gasteiger partial charge on any atom is 0.340 e. The zero-order chi connectivity index (χ0) is 27.2. The van der Waals surface area contributed by atoms with Crippen molar-refractivity contribution in [3.05, 3.63) is 70.1 Å². The van der Waals surface area contributed by atoms with E-state index < -0.39 is 21.6 Å². The van der Waals surface area contributed by atoms with Crippen molar-refractivity contribution in [1.82, 2.24) is 20.0 Å². The van der Waals surface area contributed by atoms with E-state index in [-0.39, 0.29) is 27.3 Å². The van der Waals surface area contributed by atoms with Crippen molar-refractivity contribution >= 4 is 47.8 Å². The standard InChI is InChI=1S/C25H21N5O6S2/c1-4-36-25(32)18-13(2)27-23-20(19(18)14-5-9-16(35-3)10-6-14)21-22(37-23)24(31)30(29-28-21)15-7-11-17(12-8-15)38(26,33)34/h5-12H,4H2,1-3H3,(H2,26,33,34). The Balaban J connectivity index is 1.79. The molecule has 194 valence electrons. The van der Waals surface area contributed by atoms with Crippen molar-refractivity contribution in [2.24, 2.45) is 5.14 Å². The quantitative estimate of drug-likeness (QED) is 0.313. The highest BCUT2D eigenvalue weighted by Gasteiger charge is 2.26. The molecule has 0 amide bonds. The fraction of sp³-hybridized carbons (Fsp3) is 0.160. The maximum absolute atomic E-state index is 13.5. The highest BCUT2D eigenvalue weighted by atomic mass is 32.2. The van der Waals surface area contributed by atoms with Gasteiger partial charge in [0.05, 0.1) is 35.6 Å². The minimum absolute atomic E-state index is 0.0968. The molecule has 2 N–H and O–H groups in total. The van der Waals surface area contributed by atoms with E-state index in [2.05, 4.69) is 15.3 Å². The molecule has 0 fully saturated rings. The molecular formula is C25H21N5O6S2. The van der Waals surface area contributed by atoms with Gasteiger partial charge in [-0.05, 0) is 55.8 Å². The predicted molar refractivity (Wildman–Crippen MR) is 142 cm³/mol. The SMILES string of the molecule is CCOC(=O)c1c(C)nc2sc3c(=O)n(-c4ccc(S(N)(=O)=O)cc4)nnc3c2c1-c1ccc(OC)cc1. The van der Waals surface area contributed by atoms with Gasteiger partial charge in [-0.25, -0.2) is 23.3 Å². The number of hydrogen-bond acceptors (Lipinski definition) is 10. The van der Waals surface area contributed by atoms with Gasteiger partial charge >= 0.3 is 5.97 Å². The summed E-state index contributed by atoms with van der Waals surface area (Å²) in [5.41, 5.74) is 2.06. The molecule has 5 rings (SSSR count). The number of carbonyl (C=O) groups is 1. The normalized spacial score (nSPS) is 11.7. The van der Waals surface area contributed by atoms with Crippen LogP contribution in [0.25, 0.3) is 37.2 Å². The second kappa shape index (κ2) is 9.59. The number of rotatable bonds is 6. The van der Waals surface area contributed by atoms with E-state index in [0.29, 0.717) is 38.5 Å². The van der Waals surface area contributed by atoms with Crippen LogP contribution >= 0.6 is 11.3 Å². The van der Waals surface area contributed by atoms with Crippen molar-refractivity contribution in [2.75, 3.05) is 13.7 Å². The zero-order valence-electron chi connectivity index (χ0n) is 20.5. The number of pyridine rings is 1. The highest BCUT2D eigenvalue weighted by Crippen LogP contribution is 2.40. The van der Waals surface area contributed by atoms with Crippen LogP contribution in [-0.2, 0) is 14.8 Å². The predicted octanol–water partition coefficient (Wildman–Crippen LogP) is 3.20. The third-order valence-corrected chi connectivity index (χ3v) is 7.87. The number of primary sulfonamides is 1. The van der Waals surface area contributed by atoms with Crippen LogP contribution in [-0.4, -0.2) is 48.1 Å². The molecule has 0 aliphatic heterocycles. The van der Waals surface area contributed by atoms with Gasteiger partial charge in [0.2, 0.25) is 10.0 Å². The molecule has 2 aromatic carbocycles. The Morgan fingerprint density at radius 1 is 1.11 bits per heavy atom. The van der Waals surface area contributed by atoms with Crippen LogP contribution in [0.1, 0.15) is 23.0 Å². The zero-order valence-corrected chi connectivity index (χ0v) is 22.1. The van der Waals surface area contributed by atoms with Crippen LogP contribution in [0.4, 0.5) is 0 Å². The topological polar surface area (TPSA) is 156 Å². The number of ether oxygens (including phenoxy) is 2. The number of methoxy groups -OCH3 is 1. The highest BCUT2D eigenvalue weighted by molar-refractivity contribution is 7.89. The average Bonchev–Trinajstić information content (AvgIpc) is 3.26. The Kier molecular flexibility index (Phi) is 6.42. The van der Waals surface area contributed by atoms with Gasteiger partial charge in [-0.2, -0.15) is 4.68 Å². The Morgan fingerprint density at radius 3 is 2.39 bits per heavy atom. The van der Waals surface area contributed by atoms with Crippen LogP contribution in [0, 0.1) is 6.92 Å². The molecule has 0 bridgehead atoms. The number of esters is 1. The molecule has 0 saturated carbocycles. The molecule has 3 aromatic heterocycles. The molecule has 13 heteroatoms. The first kappa shape index (κ1) is 25.4. The summed E-state index contributed by atoms with van der Waals surface area (Å²) in [6, 6.07) is 12.5. The molecule has 0 spiro atoms. The number of aromatic nitrogens is 4. The molecule has 11 nitrogen and oxygen atoms in total. The number of thiophene rings is 1. The number of aryl methyl sites for hydroxylation is 1. The van der Waals surface area contributed by atoms with Crippen molar-refractivity contribution in [2.45, 2.75) is 18.7 Å². The summed E-state index contributed by atoms with van der Waals surface area (Å²) in [4.78, 5) is 31.6. The monoisotopic (exact) mass is 551 g/mol. The van der Waals surface area contributed by atoms with Gasteiger partial charge in [0.15, 0.2) is 0 Å². The summed E-state index contributed by atoms with van der Waals surface area (Å²) in [5.74, 6) is 0.0978. The molecule has 0 unspecified atom stereocenters.